The molecule has 1 aromatic carbocycles. The highest BCUT2D eigenvalue weighted by Crippen LogP contribution is 2.37. The van der Waals surface area contributed by atoms with Crippen molar-refractivity contribution in [2.75, 3.05) is 21.3 Å². The largest absolute Gasteiger partial charge is 0.502 e. The lowest BCUT2D eigenvalue weighted by molar-refractivity contribution is -0.140. The second-order valence-electron chi connectivity index (χ2n) is 3.43. The first-order valence-corrected chi connectivity index (χ1v) is 5.13. The first kappa shape index (κ1) is 13.2. The predicted molar refractivity (Wildman–Crippen MR) is 61.5 cm³/mol. The van der Waals surface area contributed by atoms with Gasteiger partial charge >= 0.3 is 5.97 Å². The van der Waals surface area contributed by atoms with Gasteiger partial charge in [0.2, 0.25) is 5.75 Å². The highest BCUT2D eigenvalue weighted by atomic mass is 16.5. The first-order chi connectivity index (χ1) is 8.12. The van der Waals surface area contributed by atoms with E-state index in [1.54, 1.807) is 12.1 Å². The Labute approximate surface area is 99.9 Å². The van der Waals surface area contributed by atoms with Crippen molar-refractivity contribution < 1.29 is 24.1 Å². The lowest BCUT2D eigenvalue weighted by atomic mass is 10.1. The molecular weight excluding hydrogens is 224 g/mol. The second kappa shape index (κ2) is 5.98. The molecule has 0 bridgehead atoms. The van der Waals surface area contributed by atoms with Gasteiger partial charge in [-0.3, -0.25) is 4.79 Å². The topological polar surface area (TPSA) is 65.0 Å². The first-order valence-electron chi connectivity index (χ1n) is 5.13. The van der Waals surface area contributed by atoms with Crippen molar-refractivity contribution in [2.45, 2.75) is 12.8 Å². The Hall–Kier alpha value is -1.91. The lowest BCUT2D eigenvalue weighted by Crippen LogP contribution is -2.02. The molecule has 94 valence electrons. The molecule has 1 N–H and O–H groups in total. The van der Waals surface area contributed by atoms with E-state index >= 15 is 0 Å². The van der Waals surface area contributed by atoms with Crippen LogP contribution in [0.4, 0.5) is 0 Å². The number of hydrogen-bond acceptors (Lipinski definition) is 5. The van der Waals surface area contributed by atoms with Gasteiger partial charge < -0.3 is 19.3 Å². The zero-order chi connectivity index (χ0) is 12.8. The molecule has 5 heteroatoms. The molecule has 0 saturated heterocycles. The summed E-state index contributed by atoms with van der Waals surface area (Å²) in [6.07, 6.45) is 0.771. The number of phenolic OH excluding ortho intramolecular Hbond substituents is 1. The fraction of sp³-hybridized carbons (Fsp3) is 0.417. The summed E-state index contributed by atoms with van der Waals surface area (Å²) in [7, 11) is 4.26. The minimum Gasteiger partial charge on any atom is -0.502 e. The zero-order valence-electron chi connectivity index (χ0n) is 10.1. The maximum absolute atomic E-state index is 11.0. The molecule has 5 nitrogen and oxygen atoms in total. The Bertz CT molecular complexity index is 375. The number of hydrogen-bond donors (Lipinski definition) is 1. The minimum absolute atomic E-state index is 0.0446. The number of benzene rings is 1. The van der Waals surface area contributed by atoms with Crippen LogP contribution in [-0.4, -0.2) is 32.4 Å². The average Bonchev–Trinajstić information content (AvgIpc) is 2.36. The van der Waals surface area contributed by atoms with Crippen LogP contribution in [-0.2, 0) is 16.0 Å². The van der Waals surface area contributed by atoms with E-state index in [9.17, 15) is 9.90 Å². The van der Waals surface area contributed by atoms with Crippen molar-refractivity contribution in [2.24, 2.45) is 0 Å². The normalized spacial score (nSPS) is 9.82. The van der Waals surface area contributed by atoms with E-state index in [1.165, 1.54) is 21.3 Å². The van der Waals surface area contributed by atoms with Gasteiger partial charge in [-0.2, -0.15) is 0 Å². The fourth-order valence-electron chi connectivity index (χ4n) is 1.44. The van der Waals surface area contributed by atoms with Gasteiger partial charge in [-0.05, 0) is 24.1 Å². The third kappa shape index (κ3) is 3.27. The van der Waals surface area contributed by atoms with Crippen molar-refractivity contribution >= 4 is 5.97 Å². The highest BCUT2D eigenvalue weighted by molar-refractivity contribution is 5.69. The van der Waals surface area contributed by atoms with Gasteiger partial charge in [0.25, 0.3) is 0 Å². The number of carbonyl (C=O) groups is 1. The van der Waals surface area contributed by atoms with E-state index in [0.717, 1.165) is 5.56 Å². The van der Waals surface area contributed by atoms with E-state index in [-0.39, 0.29) is 18.1 Å². The maximum atomic E-state index is 11.0. The van der Waals surface area contributed by atoms with Crippen LogP contribution >= 0.6 is 0 Å². The number of esters is 1. The molecule has 0 aliphatic rings. The quantitative estimate of drug-likeness (QED) is 0.790. The van der Waals surface area contributed by atoms with Crippen LogP contribution < -0.4 is 9.47 Å². The Balaban J connectivity index is 2.89. The average molecular weight is 240 g/mol. The van der Waals surface area contributed by atoms with Crippen LogP contribution in [0.25, 0.3) is 0 Å². The van der Waals surface area contributed by atoms with Gasteiger partial charge in [-0.1, -0.05) is 0 Å². The standard InChI is InChI=1S/C12H16O5/c1-15-9-6-8(4-5-11(13)17-3)7-10(16-2)12(9)14/h6-7,14H,4-5H2,1-3H3. The maximum Gasteiger partial charge on any atom is 0.305 e. The number of ether oxygens (including phenoxy) is 3. The summed E-state index contributed by atoms with van der Waals surface area (Å²) in [6, 6.07) is 3.33. The van der Waals surface area contributed by atoms with Crippen molar-refractivity contribution in [3.8, 4) is 17.2 Å². The van der Waals surface area contributed by atoms with Crippen LogP contribution in [0, 0.1) is 0 Å². The molecule has 17 heavy (non-hydrogen) atoms. The summed E-state index contributed by atoms with van der Waals surface area (Å²) in [4.78, 5) is 11.0. The van der Waals surface area contributed by atoms with Crippen molar-refractivity contribution in [3.63, 3.8) is 0 Å². The van der Waals surface area contributed by atoms with E-state index in [0.29, 0.717) is 17.9 Å². The van der Waals surface area contributed by atoms with Crippen molar-refractivity contribution in [1.82, 2.24) is 0 Å². The molecule has 0 aliphatic heterocycles. The van der Waals surface area contributed by atoms with Gasteiger partial charge in [0.15, 0.2) is 11.5 Å². The molecule has 0 radical (unpaired) electrons. The van der Waals surface area contributed by atoms with Gasteiger partial charge in [0.1, 0.15) is 0 Å². The third-order valence-electron chi connectivity index (χ3n) is 2.39. The SMILES string of the molecule is COC(=O)CCc1cc(OC)c(O)c(OC)c1. The number of carbonyl (C=O) groups excluding carboxylic acids is 1. The zero-order valence-corrected chi connectivity index (χ0v) is 10.1. The summed E-state index contributed by atoms with van der Waals surface area (Å²) in [6.45, 7) is 0. The Kier molecular flexibility index (Phi) is 4.63. The summed E-state index contributed by atoms with van der Waals surface area (Å²) >= 11 is 0. The summed E-state index contributed by atoms with van der Waals surface area (Å²) in [5.74, 6) is 0.321. The molecule has 0 unspecified atom stereocenters. The molecule has 0 atom stereocenters. The molecule has 0 aromatic heterocycles. The monoisotopic (exact) mass is 240 g/mol. The molecule has 0 fully saturated rings. The molecular formula is C12H16O5. The van der Waals surface area contributed by atoms with Crippen molar-refractivity contribution in [1.29, 1.82) is 0 Å². The summed E-state index contributed by atoms with van der Waals surface area (Å²) in [5.41, 5.74) is 0.835. The van der Waals surface area contributed by atoms with Crippen LogP contribution in [0.2, 0.25) is 0 Å². The Morgan fingerprint density at radius 1 is 1.18 bits per heavy atom. The Morgan fingerprint density at radius 3 is 2.12 bits per heavy atom. The van der Waals surface area contributed by atoms with E-state index in [2.05, 4.69) is 4.74 Å². The molecule has 0 saturated carbocycles. The molecule has 0 amide bonds. The summed E-state index contributed by atoms with van der Waals surface area (Å²) in [5, 5.41) is 9.70. The van der Waals surface area contributed by atoms with Crippen LogP contribution in [0.15, 0.2) is 12.1 Å². The number of aryl methyl sites for hydroxylation is 1. The summed E-state index contributed by atoms with van der Waals surface area (Å²) < 4.78 is 14.6. The van der Waals surface area contributed by atoms with Gasteiger partial charge in [0, 0.05) is 6.42 Å². The van der Waals surface area contributed by atoms with E-state index < -0.39 is 0 Å². The molecule has 0 aliphatic carbocycles. The number of phenols is 1. The smallest absolute Gasteiger partial charge is 0.305 e. The minimum atomic E-state index is -0.281. The van der Waals surface area contributed by atoms with Gasteiger partial charge in [0.05, 0.1) is 21.3 Å². The number of rotatable bonds is 5. The van der Waals surface area contributed by atoms with Crippen LogP contribution in [0.1, 0.15) is 12.0 Å². The molecule has 0 heterocycles. The highest BCUT2D eigenvalue weighted by Gasteiger charge is 2.12. The van der Waals surface area contributed by atoms with Gasteiger partial charge in [-0.25, -0.2) is 0 Å². The van der Waals surface area contributed by atoms with Crippen molar-refractivity contribution in [3.05, 3.63) is 17.7 Å². The third-order valence-corrected chi connectivity index (χ3v) is 2.39. The lowest BCUT2D eigenvalue weighted by Gasteiger charge is -2.10. The fourth-order valence-corrected chi connectivity index (χ4v) is 1.44. The number of methoxy groups -OCH3 is 3. The van der Waals surface area contributed by atoms with E-state index in [1.807, 2.05) is 0 Å². The molecule has 0 spiro atoms. The van der Waals surface area contributed by atoms with Crippen LogP contribution in [0.3, 0.4) is 0 Å². The number of aromatic hydroxyl groups is 1. The molecule has 1 rings (SSSR count). The van der Waals surface area contributed by atoms with E-state index in [4.69, 9.17) is 9.47 Å². The Morgan fingerprint density at radius 2 is 1.71 bits per heavy atom. The molecule has 1 aromatic rings. The van der Waals surface area contributed by atoms with Gasteiger partial charge in [-0.15, -0.1) is 0 Å². The van der Waals surface area contributed by atoms with Crippen LogP contribution in [0.5, 0.6) is 17.2 Å². The predicted octanol–water partition coefficient (Wildman–Crippen LogP) is 1.51. The second-order valence-corrected chi connectivity index (χ2v) is 3.43.